The van der Waals surface area contributed by atoms with Crippen LogP contribution in [0.2, 0.25) is 0 Å². The van der Waals surface area contributed by atoms with E-state index in [1.165, 1.54) is 29.8 Å². The van der Waals surface area contributed by atoms with Gasteiger partial charge in [-0.1, -0.05) is 32.6 Å². The Morgan fingerprint density at radius 2 is 2.03 bits per heavy atom. The second-order valence-corrected chi connectivity index (χ2v) is 9.06. The van der Waals surface area contributed by atoms with E-state index in [9.17, 15) is 0 Å². The molecule has 3 aliphatic rings. The summed E-state index contributed by atoms with van der Waals surface area (Å²) in [4.78, 5) is 14.3. The average molecular weight is 432 g/mol. The molecule has 0 unspecified atom stereocenters. The van der Waals surface area contributed by atoms with E-state index in [2.05, 4.69) is 58.5 Å². The van der Waals surface area contributed by atoms with Crippen LogP contribution < -0.4 is 10.2 Å². The number of aryl methyl sites for hydroxylation is 1. The van der Waals surface area contributed by atoms with Gasteiger partial charge in [-0.3, -0.25) is 4.99 Å². The molecule has 1 saturated heterocycles. The van der Waals surface area contributed by atoms with Gasteiger partial charge in [-0.25, -0.2) is 4.98 Å². The van der Waals surface area contributed by atoms with Gasteiger partial charge in [0.2, 0.25) is 0 Å². The largest absolute Gasteiger partial charge is 0.391 e. The van der Waals surface area contributed by atoms with Gasteiger partial charge in [0.15, 0.2) is 0 Å². The maximum Gasteiger partial charge on any atom is 0.131 e. The van der Waals surface area contributed by atoms with E-state index in [1.807, 2.05) is 18.5 Å². The molecule has 32 heavy (non-hydrogen) atoms. The summed E-state index contributed by atoms with van der Waals surface area (Å²) >= 11 is 0. The summed E-state index contributed by atoms with van der Waals surface area (Å²) in [7, 11) is 0. The van der Waals surface area contributed by atoms with E-state index < -0.39 is 0 Å². The first-order valence-electron chi connectivity index (χ1n) is 12.2. The van der Waals surface area contributed by atoms with Crippen LogP contribution in [0.25, 0.3) is 0 Å². The van der Waals surface area contributed by atoms with Gasteiger partial charge >= 0.3 is 0 Å². The van der Waals surface area contributed by atoms with Crippen LogP contribution in [0, 0.1) is 0 Å². The van der Waals surface area contributed by atoms with Crippen molar-refractivity contribution in [2.75, 3.05) is 37.6 Å². The Kier molecular flexibility index (Phi) is 7.46. The highest BCUT2D eigenvalue weighted by atomic mass is 15.3. The van der Waals surface area contributed by atoms with Crippen LogP contribution in [0.3, 0.4) is 0 Å². The molecule has 1 aromatic heterocycles. The number of aromatic nitrogens is 1. The number of pyridine rings is 1. The summed E-state index contributed by atoms with van der Waals surface area (Å²) in [6.45, 7) is 15.5. The summed E-state index contributed by atoms with van der Waals surface area (Å²) < 4.78 is 0. The van der Waals surface area contributed by atoms with Crippen LogP contribution in [-0.2, 0) is 6.42 Å². The lowest BCUT2D eigenvalue weighted by molar-refractivity contribution is 0.329. The van der Waals surface area contributed by atoms with Crippen LogP contribution in [0.4, 0.5) is 5.82 Å². The first-order chi connectivity index (χ1) is 15.7. The van der Waals surface area contributed by atoms with E-state index in [1.54, 1.807) is 0 Å². The van der Waals surface area contributed by atoms with Gasteiger partial charge in [-0.05, 0) is 67.5 Å². The Morgan fingerprint density at radius 1 is 1.22 bits per heavy atom. The molecule has 0 amide bonds. The van der Waals surface area contributed by atoms with Crippen molar-refractivity contribution in [2.24, 2.45) is 4.99 Å². The maximum atomic E-state index is 4.93. The number of piperazine rings is 1. The van der Waals surface area contributed by atoms with Gasteiger partial charge in [0.25, 0.3) is 0 Å². The highest BCUT2D eigenvalue weighted by Gasteiger charge is 2.26. The van der Waals surface area contributed by atoms with E-state index in [4.69, 9.17) is 4.98 Å². The molecule has 1 saturated carbocycles. The molecule has 1 N–H and O–H groups in total. The number of aliphatic imine (C=N–C) groups is 1. The lowest BCUT2D eigenvalue weighted by Crippen LogP contribution is -2.46. The Hall–Kier alpha value is -2.82. The van der Waals surface area contributed by atoms with Gasteiger partial charge in [0.1, 0.15) is 5.82 Å². The molecule has 0 radical (unpaired) electrons. The molecule has 1 aliphatic carbocycles. The number of anilines is 1. The van der Waals surface area contributed by atoms with E-state index >= 15 is 0 Å². The lowest BCUT2D eigenvalue weighted by atomic mass is 10.1. The van der Waals surface area contributed by atoms with Crippen molar-refractivity contribution in [3.63, 3.8) is 0 Å². The van der Waals surface area contributed by atoms with Crippen molar-refractivity contribution < 1.29 is 0 Å². The maximum absolute atomic E-state index is 4.93. The molecule has 0 spiro atoms. The van der Waals surface area contributed by atoms with Gasteiger partial charge in [0.05, 0.1) is 0 Å². The predicted molar refractivity (Wildman–Crippen MR) is 135 cm³/mol. The average Bonchev–Trinajstić information content (AvgIpc) is 3.65. The van der Waals surface area contributed by atoms with Crippen molar-refractivity contribution in [3.05, 3.63) is 71.9 Å². The van der Waals surface area contributed by atoms with Crippen molar-refractivity contribution >= 4 is 12.0 Å². The Labute approximate surface area is 193 Å². The Bertz CT molecular complexity index is 914. The van der Waals surface area contributed by atoms with Gasteiger partial charge in [-0.2, -0.15) is 0 Å². The van der Waals surface area contributed by atoms with Crippen LogP contribution in [0.15, 0.2) is 65.7 Å². The normalized spacial score (nSPS) is 23.5. The predicted octanol–water partition coefficient (Wildman–Crippen LogP) is 4.96. The molecule has 3 heterocycles. The van der Waals surface area contributed by atoms with Crippen molar-refractivity contribution in [2.45, 2.75) is 51.4 Å². The minimum absolute atomic E-state index is 0.754. The van der Waals surface area contributed by atoms with Gasteiger partial charge in [-0.15, -0.1) is 0 Å². The van der Waals surface area contributed by atoms with Crippen LogP contribution in [0.1, 0.15) is 56.1 Å². The summed E-state index contributed by atoms with van der Waals surface area (Å²) in [6.07, 6.45) is 17.0. The van der Waals surface area contributed by atoms with Crippen molar-refractivity contribution in [3.8, 4) is 0 Å². The molecule has 2 fully saturated rings. The minimum Gasteiger partial charge on any atom is -0.391 e. The SMILES string of the molecule is C=C1CCCN/C=C/C=C(C(=C)N2CCN(c3ncc(C4CC4)cc3CCC)CC2)\C=N/1. The molecule has 5 nitrogen and oxygen atoms in total. The first-order valence-corrected chi connectivity index (χ1v) is 12.2. The van der Waals surface area contributed by atoms with Crippen LogP contribution in [0.5, 0.6) is 0 Å². The monoisotopic (exact) mass is 431 g/mol. The summed E-state index contributed by atoms with van der Waals surface area (Å²) in [5, 5.41) is 3.32. The topological polar surface area (TPSA) is 43.8 Å². The number of hydrogen-bond acceptors (Lipinski definition) is 5. The fourth-order valence-electron chi connectivity index (χ4n) is 4.41. The highest BCUT2D eigenvalue weighted by Crippen LogP contribution is 2.41. The molecule has 0 bridgehead atoms. The third kappa shape index (κ3) is 5.70. The molecule has 2 aliphatic heterocycles. The van der Waals surface area contributed by atoms with Gasteiger partial charge < -0.3 is 15.1 Å². The molecule has 1 aromatic rings. The summed E-state index contributed by atoms with van der Waals surface area (Å²) in [5.74, 6) is 1.94. The third-order valence-electron chi connectivity index (χ3n) is 6.49. The van der Waals surface area contributed by atoms with Gasteiger partial charge in [0, 0.05) is 62.1 Å². The second-order valence-electron chi connectivity index (χ2n) is 9.06. The first kappa shape index (κ1) is 22.4. The zero-order valence-corrected chi connectivity index (χ0v) is 19.5. The van der Waals surface area contributed by atoms with E-state index in [0.717, 1.165) is 81.3 Å². The smallest absolute Gasteiger partial charge is 0.131 e. The number of nitrogens with one attached hydrogen (secondary N) is 1. The number of allylic oxidation sites excluding steroid dienone is 4. The standard InChI is InChI=1S/C27H37N5/c1-4-7-24-18-26(23-10-11-23)20-30-27(24)32-16-14-31(15-17-32)22(3)25-9-6-13-28-12-5-8-21(2)29-19-25/h6,9,13,18-20,23,28H,2-5,7-8,10-12,14-17H2,1H3/b13-6+,25-9+,29-19-. The molecular weight excluding hydrogens is 394 g/mol. The molecule has 0 aromatic carbocycles. The third-order valence-corrected chi connectivity index (χ3v) is 6.49. The fourth-order valence-corrected chi connectivity index (χ4v) is 4.41. The number of hydrogen-bond donors (Lipinski definition) is 1. The van der Waals surface area contributed by atoms with Crippen LogP contribution >= 0.6 is 0 Å². The van der Waals surface area contributed by atoms with E-state index in [-0.39, 0.29) is 0 Å². The zero-order chi connectivity index (χ0) is 22.3. The van der Waals surface area contributed by atoms with Crippen molar-refractivity contribution in [1.82, 2.24) is 15.2 Å². The molecule has 4 rings (SSSR count). The Balaban J connectivity index is 1.43. The fraction of sp³-hybridized carbons (Fsp3) is 0.481. The van der Waals surface area contributed by atoms with Crippen LogP contribution in [-0.4, -0.2) is 48.8 Å². The quantitative estimate of drug-likeness (QED) is 0.692. The lowest BCUT2D eigenvalue weighted by Gasteiger charge is -2.38. The zero-order valence-electron chi connectivity index (χ0n) is 19.5. The molecular formula is C27H37N5. The summed E-state index contributed by atoms with van der Waals surface area (Å²) in [5.41, 5.74) is 5.83. The molecule has 0 atom stereocenters. The molecule has 170 valence electrons. The Morgan fingerprint density at radius 3 is 2.78 bits per heavy atom. The van der Waals surface area contributed by atoms with Crippen molar-refractivity contribution in [1.29, 1.82) is 0 Å². The highest BCUT2D eigenvalue weighted by molar-refractivity contribution is 5.85. The second kappa shape index (κ2) is 10.7. The number of nitrogens with zero attached hydrogens (tertiary/aromatic N) is 4. The molecule has 5 heteroatoms. The summed E-state index contributed by atoms with van der Waals surface area (Å²) in [6, 6.07) is 2.42. The van der Waals surface area contributed by atoms with E-state index in [0.29, 0.717) is 0 Å². The minimum atomic E-state index is 0.754. The number of rotatable bonds is 6.